The summed E-state index contributed by atoms with van der Waals surface area (Å²) in [4.78, 5) is 54.3. The normalized spacial score (nSPS) is 21.4. The van der Waals surface area contributed by atoms with E-state index in [1.54, 1.807) is 25.7 Å². The first-order valence-corrected chi connectivity index (χ1v) is 12.4. The molecular formula is C26H37N3O7. The van der Waals surface area contributed by atoms with E-state index in [2.05, 4.69) is 5.32 Å². The van der Waals surface area contributed by atoms with Gasteiger partial charge < -0.3 is 25.2 Å². The topological polar surface area (TPSA) is 136 Å². The maximum absolute atomic E-state index is 13.5. The second kappa shape index (κ2) is 10.9. The number of aliphatic hydroxyl groups is 1. The summed E-state index contributed by atoms with van der Waals surface area (Å²) in [6.45, 7) is 7.65. The van der Waals surface area contributed by atoms with Crippen molar-refractivity contribution < 1.29 is 34.1 Å². The fraction of sp³-hybridized carbons (Fsp3) is 0.615. The predicted molar refractivity (Wildman–Crippen MR) is 131 cm³/mol. The van der Waals surface area contributed by atoms with E-state index in [1.165, 1.54) is 11.8 Å². The van der Waals surface area contributed by atoms with Crippen LogP contribution >= 0.6 is 0 Å². The van der Waals surface area contributed by atoms with E-state index in [0.29, 0.717) is 19.4 Å². The van der Waals surface area contributed by atoms with Crippen molar-refractivity contribution in [3.05, 3.63) is 35.9 Å². The monoisotopic (exact) mass is 503 g/mol. The molecule has 3 atom stereocenters. The zero-order valence-corrected chi connectivity index (χ0v) is 21.4. The number of carboxylic acids is 1. The molecular weight excluding hydrogens is 466 g/mol. The number of likely N-dealkylation sites (tertiary alicyclic amines) is 2. The molecule has 0 radical (unpaired) electrons. The Labute approximate surface area is 211 Å². The van der Waals surface area contributed by atoms with Gasteiger partial charge in [-0.1, -0.05) is 30.3 Å². The molecule has 2 saturated heterocycles. The highest BCUT2D eigenvalue weighted by Crippen LogP contribution is 2.37. The number of hydrogen-bond acceptors (Lipinski definition) is 6. The van der Waals surface area contributed by atoms with Crippen LogP contribution in [0.15, 0.2) is 30.3 Å². The minimum absolute atomic E-state index is 0.173. The van der Waals surface area contributed by atoms with Crippen LogP contribution in [0, 0.1) is 0 Å². The Balaban J connectivity index is 1.77. The molecule has 198 valence electrons. The van der Waals surface area contributed by atoms with Crippen LogP contribution in [-0.4, -0.2) is 87.3 Å². The number of piperidine rings is 1. The molecule has 2 heterocycles. The highest BCUT2D eigenvalue weighted by Gasteiger charge is 2.47. The fourth-order valence-electron chi connectivity index (χ4n) is 4.95. The number of benzene rings is 1. The number of carbonyl (C=O) groups excluding carboxylic acids is 3. The van der Waals surface area contributed by atoms with E-state index >= 15 is 0 Å². The van der Waals surface area contributed by atoms with Gasteiger partial charge >= 0.3 is 12.1 Å². The molecule has 2 aliphatic rings. The van der Waals surface area contributed by atoms with Crippen LogP contribution in [-0.2, 0) is 24.5 Å². The van der Waals surface area contributed by atoms with Gasteiger partial charge in [-0.3, -0.25) is 14.5 Å². The van der Waals surface area contributed by atoms with Gasteiger partial charge in [-0.15, -0.1) is 0 Å². The van der Waals surface area contributed by atoms with Crippen LogP contribution in [0.3, 0.4) is 0 Å². The Morgan fingerprint density at radius 2 is 1.69 bits per heavy atom. The van der Waals surface area contributed by atoms with E-state index in [1.807, 2.05) is 30.3 Å². The molecule has 0 aliphatic carbocycles. The number of aliphatic hydroxyl groups excluding tert-OH is 1. The molecule has 1 aromatic carbocycles. The molecule has 1 aromatic rings. The second-order valence-corrected chi connectivity index (χ2v) is 10.6. The molecule has 0 saturated carbocycles. The van der Waals surface area contributed by atoms with Gasteiger partial charge in [-0.2, -0.15) is 0 Å². The second-order valence-electron chi connectivity index (χ2n) is 10.6. The van der Waals surface area contributed by atoms with Gasteiger partial charge in [0.2, 0.25) is 11.8 Å². The first kappa shape index (κ1) is 27.4. The zero-order chi connectivity index (χ0) is 26.7. The fourth-order valence-corrected chi connectivity index (χ4v) is 4.95. The number of amides is 3. The molecule has 2 aliphatic heterocycles. The molecule has 3 amide bonds. The summed E-state index contributed by atoms with van der Waals surface area (Å²) in [6, 6.07) is 7.02. The first-order valence-electron chi connectivity index (χ1n) is 12.4. The van der Waals surface area contributed by atoms with Gasteiger partial charge in [0.05, 0.1) is 11.5 Å². The summed E-state index contributed by atoms with van der Waals surface area (Å²) < 4.78 is 5.48. The number of carbonyl (C=O) groups is 4. The number of nitrogens with one attached hydrogen (secondary N) is 1. The third-order valence-corrected chi connectivity index (χ3v) is 6.89. The third-order valence-electron chi connectivity index (χ3n) is 6.89. The lowest BCUT2D eigenvalue weighted by molar-refractivity contribution is -0.146. The van der Waals surface area contributed by atoms with Gasteiger partial charge in [0.15, 0.2) is 6.04 Å². The average molecular weight is 504 g/mol. The molecule has 2 fully saturated rings. The van der Waals surface area contributed by atoms with Crippen molar-refractivity contribution in [1.82, 2.24) is 15.1 Å². The average Bonchev–Trinajstić information content (AvgIpc) is 3.31. The van der Waals surface area contributed by atoms with Crippen molar-refractivity contribution in [1.29, 1.82) is 0 Å². The number of aliphatic carboxylic acids is 1. The van der Waals surface area contributed by atoms with Crippen molar-refractivity contribution in [2.75, 3.05) is 19.6 Å². The van der Waals surface area contributed by atoms with E-state index in [4.69, 9.17) is 4.74 Å². The van der Waals surface area contributed by atoms with E-state index in [-0.39, 0.29) is 31.8 Å². The lowest BCUT2D eigenvalue weighted by atomic mass is 9.71. The molecule has 36 heavy (non-hydrogen) atoms. The number of hydrogen-bond donors (Lipinski definition) is 3. The minimum Gasteiger partial charge on any atom is -0.480 e. The van der Waals surface area contributed by atoms with E-state index in [0.717, 1.165) is 5.56 Å². The lowest BCUT2D eigenvalue weighted by Gasteiger charge is -2.42. The van der Waals surface area contributed by atoms with Crippen molar-refractivity contribution in [2.24, 2.45) is 0 Å². The maximum atomic E-state index is 13.5. The van der Waals surface area contributed by atoms with Gasteiger partial charge in [0.25, 0.3) is 0 Å². The number of nitrogens with zero attached hydrogens (tertiary/aromatic N) is 2. The number of carboxylic acid groups (broad SMARTS) is 1. The van der Waals surface area contributed by atoms with Gasteiger partial charge in [-0.05, 0) is 58.9 Å². The van der Waals surface area contributed by atoms with Crippen molar-refractivity contribution >= 4 is 23.9 Å². The highest BCUT2D eigenvalue weighted by molar-refractivity contribution is 5.92. The molecule has 3 rings (SSSR count). The smallest absolute Gasteiger partial charge is 0.410 e. The van der Waals surface area contributed by atoms with Crippen LogP contribution in [0.5, 0.6) is 0 Å². The Morgan fingerprint density at radius 1 is 1.08 bits per heavy atom. The standard InChI is InChI=1S/C26H37N3O7/c1-17(30)20(22(32)33)27-23(34)26(18-9-6-5-7-10-18)12-15-28(16-13-26)21(31)19-11-8-14-29(19)24(35)36-25(2,3)4/h5-7,9-10,17,19-20,30H,8,11-16H2,1-4H3,(H,27,34)(H,32,33)/t17-,19-,20-/m0/s1. The highest BCUT2D eigenvalue weighted by atomic mass is 16.6. The summed E-state index contributed by atoms with van der Waals surface area (Å²) in [5, 5.41) is 21.8. The largest absolute Gasteiger partial charge is 0.480 e. The predicted octanol–water partition coefficient (Wildman–Crippen LogP) is 1.90. The van der Waals surface area contributed by atoms with E-state index in [9.17, 15) is 29.4 Å². The third kappa shape index (κ3) is 5.98. The molecule has 0 spiro atoms. The molecule has 0 aromatic heterocycles. The summed E-state index contributed by atoms with van der Waals surface area (Å²) in [6.07, 6.45) is 0.0247. The van der Waals surface area contributed by atoms with Crippen LogP contribution in [0.4, 0.5) is 4.79 Å². The zero-order valence-electron chi connectivity index (χ0n) is 21.4. The summed E-state index contributed by atoms with van der Waals surface area (Å²) in [5.41, 5.74) is -0.997. The summed E-state index contributed by atoms with van der Waals surface area (Å²) in [5.74, 6) is -1.99. The summed E-state index contributed by atoms with van der Waals surface area (Å²) >= 11 is 0. The Morgan fingerprint density at radius 3 is 2.22 bits per heavy atom. The number of rotatable bonds is 6. The van der Waals surface area contributed by atoms with Crippen molar-refractivity contribution in [2.45, 2.75) is 82.6 Å². The Kier molecular flexibility index (Phi) is 8.28. The Bertz CT molecular complexity index is 965. The summed E-state index contributed by atoms with van der Waals surface area (Å²) in [7, 11) is 0. The SMILES string of the molecule is C[C@H](O)[C@H](NC(=O)C1(c2ccccc2)CCN(C(=O)[C@@H]2CCCN2C(=O)OC(C)(C)C)CC1)C(=O)O. The van der Waals surface area contributed by atoms with Crippen LogP contribution < -0.4 is 5.32 Å². The van der Waals surface area contributed by atoms with Gasteiger partial charge in [0.1, 0.15) is 11.6 Å². The molecule has 3 N–H and O–H groups in total. The molecule has 0 bridgehead atoms. The maximum Gasteiger partial charge on any atom is 0.410 e. The van der Waals surface area contributed by atoms with Crippen molar-refractivity contribution in [3.8, 4) is 0 Å². The van der Waals surface area contributed by atoms with Crippen LogP contribution in [0.1, 0.15) is 58.9 Å². The van der Waals surface area contributed by atoms with Crippen molar-refractivity contribution in [3.63, 3.8) is 0 Å². The number of ether oxygens (including phenoxy) is 1. The lowest BCUT2D eigenvalue weighted by Crippen LogP contribution is -2.59. The van der Waals surface area contributed by atoms with Gasteiger partial charge in [0, 0.05) is 19.6 Å². The molecule has 10 nitrogen and oxygen atoms in total. The Hall–Kier alpha value is -3.14. The molecule has 10 heteroatoms. The van der Waals surface area contributed by atoms with E-state index < -0.39 is 47.2 Å². The van der Waals surface area contributed by atoms with Gasteiger partial charge in [-0.25, -0.2) is 9.59 Å². The van der Waals surface area contributed by atoms with Crippen LogP contribution in [0.2, 0.25) is 0 Å². The minimum atomic E-state index is -1.45. The quantitative estimate of drug-likeness (QED) is 0.539. The first-order chi connectivity index (χ1) is 16.9. The van der Waals surface area contributed by atoms with Crippen LogP contribution in [0.25, 0.3) is 0 Å². The molecule has 0 unspecified atom stereocenters.